The third-order valence-corrected chi connectivity index (χ3v) is 10.5. The number of hydrogen-bond acceptors (Lipinski definition) is 21. The van der Waals surface area contributed by atoms with E-state index in [2.05, 4.69) is 31.0 Å². The van der Waals surface area contributed by atoms with E-state index in [4.69, 9.17) is 39.5 Å². The summed E-state index contributed by atoms with van der Waals surface area (Å²) in [5, 5.41) is 32.5. The fourth-order valence-electron chi connectivity index (χ4n) is 6.12. The minimum absolute atomic E-state index is 0.0287. The quantitative estimate of drug-likeness (QED) is 0.0329. The molecule has 2 saturated heterocycles. The predicted molar refractivity (Wildman–Crippen MR) is 199 cm³/mol. The standard InChI is InChI=1S/C31H45N9O18P2/c1-4-5-6-20(42)38(3)16(10-52-9-15(2)41)30(45)57-24-17(55-29(22(24)43)40-14-36-21-26(33)34-13-35-27(21)40)12-54-60(50,51)58-25-18(11-53-59(47,48)49)56-28(23(25)44)39-8-7-19(32)37-31(39)46/h4,7-8,13-18,22-25,28-29,41,43-44H,1,5-6,9-12H2,2-3H3,(H,50,51)(H2,32,37,46)(H2,33,34,35)(H2,47,48,49)/t15?,16?,17-,18-,22-,23-,24-,25-,28-,29-/m1/s1. The molecule has 3 unspecified atom stereocenters. The van der Waals surface area contributed by atoms with E-state index in [1.54, 1.807) is 0 Å². The van der Waals surface area contributed by atoms with Gasteiger partial charge in [0.25, 0.3) is 0 Å². The van der Waals surface area contributed by atoms with Crippen LogP contribution >= 0.6 is 15.6 Å². The van der Waals surface area contributed by atoms with Gasteiger partial charge < -0.3 is 65.3 Å². The number of nitrogens with two attached hydrogens (primary N) is 2. The number of aliphatic hydroxyl groups excluding tert-OH is 3. The molecular formula is C31H45N9O18P2. The highest BCUT2D eigenvalue weighted by Crippen LogP contribution is 2.50. The lowest BCUT2D eigenvalue weighted by molar-refractivity contribution is -0.168. The Kier molecular flexibility index (Phi) is 15.3. The molecule has 0 aliphatic carbocycles. The van der Waals surface area contributed by atoms with Gasteiger partial charge in [0, 0.05) is 19.7 Å². The number of amides is 1. The van der Waals surface area contributed by atoms with Crippen LogP contribution in [0.2, 0.25) is 0 Å². The summed E-state index contributed by atoms with van der Waals surface area (Å²) in [4.78, 5) is 85.5. The second-order valence-electron chi connectivity index (χ2n) is 13.5. The van der Waals surface area contributed by atoms with Crippen molar-refractivity contribution in [3.05, 3.63) is 48.1 Å². The number of nitrogens with zero attached hydrogens (tertiary/aromatic N) is 7. The molecule has 0 spiro atoms. The van der Waals surface area contributed by atoms with Gasteiger partial charge in [-0.25, -0.2) is 33.7 Å². The zero-order valence-corrected chi connectivity index (χ0v) is 33.7. The highest BCUT2D eigenvalue weighted by atomic mass is 31.2. The smallest absolute Gasteiger partial charge is 0.455 e. The monoisotopic (exact) mass is 893 g/mol. The summed E-state index contributed by atoms with van der Waals surface area (Å²) in [6, 6.07) is -0.284. The van der Waals surface area contributed by atoms with E-state index in [1.165, 1.54) is 30.9 Å². The maximum atomic E-state index is 13.8. The molecular weight excluding hydrogens is 848 g/mol. The van der Waals surface area contributed by atoms with Crippen molar-refractivity contribution in [1.82, 2.24) is 34.0 Å². The van der Waals surface area contributed by atoms with Gasteiger partial charge in [-0.3, -0.25) is 27.5 Å². The summed E-state index contributed by atoms with van der Waals surface area (Å²) >= 11 is 0. The van der Waals surface area contributed by atoms with E-state index in [1.807, 2.05) is 0 Å². The first-order valence-electron chi connectivity index (χ1n) is 17.8. The predicted octanol–water partition coefficient (Wildman–Crippen LogP) is -2.52. The number of phosphoric acid groups is 2. The molecule has 0 aromatic carbocycles. The number of esters is 1. The highest BCUT2D eigenvalue weighted by molar-refractivity contribution is 7.47. The maximum absolute atomic E-state index is 13.8. The van der Waals surface area contributed by atoms with Crippen molar-refractivity contribution in [3.8, 4) is 0 Å². The molecule has 29 heteroatoms. The number of hydrogen-bond donors (Lipinski definition) is 8. The topological polar surface area (TPSA) is 388 Å². The van der Waals surface area contributed by atoms with Crippen LogP contribution in [0.3, 0.4) is 0 Å². The molecule has 0 saturated carbocycles. The Morgan fingerprint density at radius 1 is 1.02 bits per heavy atom. The van der Waals surface area contributed by atoms with Crippen molar-refractivity contribution < 1.29 is 81.2 Å². The number of imidazole rings is 1. The van der Waals surface area contributed by atoms with Crippen molar-refractivity contribution in [1.29, 1.82) is 0 Å². The number of carbonyl (C=O) groups excluding carboxylic acids is 2. The van der Waals surface area contributed by atoms with Gasteiger partial charge in [-0.1, -0.05) is 6.08 Å². The van der Waals surface area contributed by atoms with Crippen molar-refractivity contribution in [2.75, 3.05) is 44.9 Å². The Morgan fingerprint density at radius 3 is 2.32 bits per heavy atom. The molecule has 332 valence electrons. The number of aliphatic hydroxyl groups is 3. The van der Waals surface area contributed by atoms with Crippen LogP contribution in [0.5, 0.6) is 0 Å². The van der Waals surface area contributed by atoms with Crippen LogP contribution in [-0.2, 0) is 51.2 Å². The van der Waals surface area contributed by atoms with Crippen LogP contribution in [0.15, 0.2) is 42.4 Å². The zero-order chi connectivity index (χ0) is 44.1. The fourth-order valence-corrected chi connectivity index (χ4v) is 7.42. The molecule has 3 aromatic heterocycles. The summed E-state index contributed by atoms with van der Waals surface area (Å²) in [5.41, 5.74) is 10.6. The Bertz CT molecular complexity index is 2150. The molecule has 3 aromatic rings. The van der Waals surface area contributed by atoms with Crippen LogP contribution in [0, 0.1) is 0 Å². The number of allylic oxidation sites excluding steroid dienone is 1. The summed E-state index contributed by atoms with van der Waals surface area (Å²) < 4.78 is 64.6. The molecule has 2 aliphatic heterocycles. The van der Waals surface area contributed by atoms with Crippen molar-refractivity contribution in [3.63, 3.8) is 0 Å². The first kappa shape index (κ1) is 46.8. The lowest BCUT2D eigenvalue weighted by atomic mass is 10.1. The Balaban J connectivity index is 1.41. The first-order valence-corrected chi connectivity index (χ1v) is 20.9. The van der Waals surface area contributed by atoms with Crippen molar-refractivity contribution in [2.45, 2.75) is 81.0 Å². The van der Waals surface area contributed by atoms with Crippen LogP contribution in [0.1, 0.15) is 32.2 Å². The molecule has 10 N–H and O–H groups in total. The lowest BCUT2D eigenvalue weighted by Gasteiger charge is -2.29. The zero-order valence-electron chi connectivity index (χ0n) is 31.9. The maximum Gasteiger partial charge on any atom is 0.472 e. The average molecular weight is 894 g/mol. The molecule has 2 fully saturated rings. The number of rotatable bonds is 20. The number of aromatic nitrogens is 6. The van der Waals surface area contributed by atoms with E-state index < -0.39 is 114 Å². The minimum atomic E-state index is -5.44. The van der Waals surface area contributed by atoms with Crippen molar-refractivity contribution in [2.24, 2.45) is 0 Å². The van der Waals surface area contributed by atoms with Crippen molar-refractivity contribution >= 4 is 50.3 Å². The van der Waals surface area contributed by atoms with E-state index in [-0.39, 0.29) is 42.2 Å². The number of ether oxygens (including phenoxy) is 4. The molecule has 60 heavy (non-hydrogen) atoms. The normalized spacial score (nSPS) is 26.4. The largest absolute Gasteiger partial charge is 0.472 e. The molecule has 2 aliphatic rings. The highest BCUT2D eigenvalue weighted by Gasteiger charge is 2.52. The summed E-state index contributed by atoms with van der Waals surface area (Å²) in [7, 11) is -9.31. The molecule has 5 heterocycles. The van der Waals surface area contributed by atoms with Crippen LogP contribution in [0.4, 0.5) is 11.6 Å². The number of anilines is 2. The Labute approximate surface area is 339 Å². The van der Waals surface area contributed by atoms with Gasteiger partial charge in [0.2, 0.25) is 5.91 Å². The number of fused-ring (bicyclic) bond motifs is 1. The van der Waals surface area contributed by atoms with Gasteiger partial charge in [0.15, 0.2) is 36.1 Å². The van der Waals surface area contributed by atoms with E-state index in [9.17, 15) is 53.5 Å². The third kappa shape index (κ3) is 11.3. The number of nitrogen functional groups attached to an aromatic ring is 2. The SMILES string of the molecule is C=CCCC(=O)N(C)C(COCC(C)O)C(=O)O[C@H]1[C@@H](O)[C@H](n2cnc3c(N)ncnc32)O[C@@H]1COP(=O)(O)O[C@H]1[C@@H](O)[C@H](n2ccc(N)nc2=O)O[C@@H]1COP(=O)(O)O. The van der Waals surface area contributed by atoms with Gasteiger partial charge in [-0.15, -0.1) is 6.58 Å². The first-order chi connectivity index (χ1) is 28.2. The van der Waals surface area contributed by atoms with Crippen LogP contribution < -0.4 is 17.2 Å². The van der Waals surface area contributed by atoms with E-state index in [0.717, 1.165) is 28.1 Å². The van der Waals surface area contributed by atoms with Gasteiger partial charge in [-0.2, -0.15) is 4.98 Å². The number of carbonyl (C=O) groups is 2. The average Bonchev–Trinajstić information content (AvgIpc) is 3.83. The molecule has 11 atom stereocenters. The molecule has 27 nitrogen and oxygen atoms in total. The van der Waals surface area contributed by atoms with Crippen LogP contribution in [0.25, 0.3) is 11.2 Å². The second-order valence-corrected chi connectivity index (χ2v) is 16.1. The molecule has 0 radical (unpaired) electrons. The van der Waals surface area contributed by atoms with Gasteiger partial charge in [-0.05, 0) is 19.4 Å². The summed E-state index contributed by atoms with van der Waals surface area (Å²) in [6.07, 6.45) is -9.93. The van der Waals surface area contributed by atoms with E-state index >= 15 is 0 Å². The third-order valence-electron chi connectivity index (χ3n) is 9.05. The Hall–Kier alpha value is -4.31. The van der Waals surface area contributed by atoms with Crippen LogP contribution in [-0.4, -0.2) is 158 Å². The molecule has 0 bridgehead atoms. The lowest BCUT2D eigenvalue weighted by Crippen LogP contribution is -2.49. The molecule has 1 amide bonds. The second kappa shape index (κ2) is 19.6. The minimum Gasteiger partial charge on any atom is -0.455 e. The molecule has 5 rings (SSSR count). The Morgan fingerprint density at radius 2 is 1.67 bits per heavy atom. The van der Waals surface area contributed by atoms with Gasteiger partial charge in [0.1, 0.15) is 48.2 Å². The number of phosphoric ester groups is 2. The van der Waals surface area contributed by atoms with E-state index in [0.29, 0.717) is 0 Å². The summed E-state index contributed by atoms with van der Waals surface area (Å²) in [6.45, 7) is 2.29. The van der Waals surface area contributed by atoms with Gasteiger partial charge in [0.05, 0.1) is 38.9 Å². The fraction of sp³-hybridized carbons (Fsp3) is 0.581. The number of likely N-dealkylation sites (N-methyl/N-ethyl adjacent to an activating group) is 1. The van der Waals surface area contributed by atoms with Gasteiger partial charge >= 0.3 is 27.3 Å². The summed E-state index contributed by atoms with van der Waals surface area (Å²) in [5.74, 6) is -1.86.